The minimum atomic E-state index is -0.868. The van der Waals surface area contributed by atoms with Gasteiger partial charge in [0.25, 0.3) is 11.7 Å². The highest BCUT2D eigenvalue weighted by Gasteiger charge is 2.47. The molecule has 1 atom stereocenters. The van der Waals surface area contributed by atoms with Gasteiger partial charge in [-0.25, -0.2) is 0 Å². The van der Waals surface area contributed by atoms with Gasteiger partial charge in [-0.3, -0.25) is 14.5 Å². The van der Waals surface area contributed by atoms with E-state index in [-0.39, 0.29) is 11.3 Å². The van der Waals surface area contributed by atoms with Crippen LogP contribution in [0.25, 0.3) is 5.76 Å². The van der Waals surface area contributed by atoms with Crippen LogP contribution < -0.4 is 14.4 Å². The molecular weight excluding hydrogens is 454 g/mol. The number of aliphatic hydroxyl groups excluding tert-OH is 1. The molecule has 1 unspecified atom stereocenters. The van der Waals surface area contributed by atoms with Gasteiger partial charge in [0.05, 0.1) is 25.3 Å². The molecule has 34 heavy (non-hydrogen) atoms. The summed E-state index contributed by atoms with van der Waals surface area (Å²) in [6.07, 6.45) is 0.836. The lowest BCUT2D eigenvalue weighted by Crippen LogP contribution is -2.29. The van der Waals surface area contributed by atoms with Gasteiger partial charge in [-0.1, -0.05) is 36.7 Å². The van der Waals surface area contributed by atoms with E-state index in [4.69, 9.17) is 21.1 Å². The molecule has 1 saturated heterocycles. The van der Waals surface area contributed by atoms with Gasteiger partial charge in [-0.05, 0) is 60.5 Å². The smallest absolute Gasteiger partial charge is 0.300 e. The van der Waals surface area contributed by atoms with Crippen molar-refractivity contribution in [3.8, 4) is 11.5 Å². The fourth-order valence-corrected chi connectivity index (χ4v) is 4.06. The van der Waals surface area contributed by atoms with Crippen LogP contribution in [0.2, 0.25) is 5.02 Å². The van der Waals surface area contributed by atoms with E-state index in [0.29, 0.717) is 39.9 Å². The lowest BCUT2D eigenvalue weighted by atomic mass is 9.95. The topological polar surface area (TPSA) is 76.1 Å². The molecule has 1 aliphatic rings. The fraction of sp³-hybridized carbons (Fsp3) is 0.185. The second-order valence-electron chi connectivity index (χ2n) is 7.80. The molecule has 0 radical (unpaired) electrons. The lowest BCUT2D eigenvalue weighted by molar-refractivity contribution is -0.132. The minimum absolute atomic E-state index is 0.0113. The van der Waals surface area contributed by atoms with Crippen molar-refractivity contribution >= 4 is 34.7 Å². The molecule has 7 heteroatoms. The second-order valence-corrected chi connectivity index (χ2v) is 8.23. The quantitative estimate of drug-likeness (QED) is 0.266. The molecule has 1 amide bonds. The van der Waals surface area contributed by atoms with E-state index in [1.54, 1.807) is 66.7 Å². The number of Topliss-reactive ketones (excluding diaryl/α,β-unsaturated/α-hetero) is 1. The highest BCUT2D eigenvalue weighted by molar-refractivity contribution is 6.51. The highest BCUT2D eigenvalue weighted by atomic mass is 35.5. The van der Waals surface area contributed by atoms with Crippen molar-refractivity contribution in [2.45, 2.75) is 19.4 Å². The SMILES string of the molecule is CCCOc1cccc(C2/C(=C(\O)c3ccc(Cl)cc3)C(=O)C(=O)N2c2cccc(OC)c2)c1. The van der Waals surface area contributed by atoms with Crippen LogP contribution in [-0.4, -0.2) is 30.5 Å². The maximum absolute atomic E-state index is 13.3. The van der Waals surface area contributed by atoms with Crippen LogP contribution in [0, 0.1) is 0 Å². The number of benzene rings is 3. The average Bonchev–Trinajstić information content (AvgIpc) is 3.13. The zero-order valence-electron chi connectivity index (χ0n) is 18.8. The molecule has 1 aliphatic heterocycles. The molecule has 0 bridgehead atoms. The van der Waals surface area contributed by atoms with Crippen LogP contribution in [0.4, 0.5) is 5.69 Å². The minimum Gasteiger partial charge on any atom is -0.507 e. The van der Waals surface area contributed by atoms with Crippen molar-refractivity contribution in [1.29, 1.82) is 0 Å². The number of aliphatic hydroxyl groups is 1. The van der Waals surface area contributed by atoms with Crippen LogP contribution in [0.5, 0.6) is 11.5 Å². The van der Waals surface area contributed by atoms with Gasteiger partial charge in [0.15, 0.2) is 0 Å². The maximum Gasteiger partial charge on any atom is 0.300 e. The number of amides is 1. The van der Waals surface area contributed by atoms with Crippen molar-refractivity contribution in [3.05, 3.63) is 94.5 Å². The number of nitrogens with zero attached hydrogens (tertiary/aromatic N) is 1. The van der Waals surface area contributed by atoms with Gasteiger partial charge in [-0.2, -0.15) is 0 Å². The number of methoxy groups -OCH3 is 1. The van der Waals surface area contributed by atoms with Gasteiger partial charge in [0.1, 0.15) is 17.3 Å². The van der Waals surface area contributed by atoms with E-state index in [1.165, 1.54) is 12.0 Å². The molecule has 4 rings (SSSR count). The Hall–Kier alpha value is -3.77. The molecule has 0 aliphatic carbocycles. The molecule has 0 spiro atoms. The largest absolute Gasteiger partial charge is 0.507 e. The van der Waals surface area contributed by atoms with E-state index in [0.717, 1.165) is 6.42 Å². The summed E-state index contributed by atoms with van der Waals surface area (Å²) in [7, 11) is 1.53. The third-order valence-corrected chi connectivity index (χ3v) is 5.79. The predicted octanol–water partition coefficient (Wildman–Crippen LogP) is 5.76. The summed E-state index contributed by atoms with van der Waals surface area (Å²) in [5.41, 5.74) is 1.48. The number of hydrogen-bond acceptors (Lipinski definition) is 5. The van der Waals surface area contributed by atoms with Crippen LogP contribution in [0.15, 0.2) is 78.4 Å². The van der Waals surface area contributed by atoms with E-state index in [1.807, 2.05) is 13.0 Å². The van der Waals surface area contributed by atoms with E-state index >= 15 is 0 Å². The third kappa shape index (κ3) is 4.50. The summed E-state index contributed by atoms with van der Waals surface area (Å²) < 4.78 is 11.1. The average molecular weight is 478 g/mol. The predicted molar refractivity (Wildman–Crippen MR) is 131 cm³/mol. The zero-order valence-corrected chi connectivity index (χ0v) is 19.6. The number of halogens is 1. The summed E-state index contributed by atoms with van der Waals surface area (Å²) >= 11 is 5.99. The van der Waals surface area contributed by atoms with Crippen molar-refractivity contribution in [2.24, 2.45) is 0 Å². The summed E-state index contributed by atoms with van der Waals surface area (Å²) in [6.45, 7) is 2.54. The van der Waals surface area contributed by atoms with Crippen molar-refractivity contribution in [2.75, 3.05) is 18.6 Å². The van der Waals surface area contributed by atoms with Gasteiger partial charge in [0, 0.05) is 22.3 Å². The molecule has 6 nitrogen and oxygen atoms in total. The third-order valence-electron chi connectivity index (χ3n) is 5.54. The summed E-state index contributed by atoms with van der Waals surface area (Å²) in [6, 6.07) is 19.7. The normalized spacial score (nSPS) is 17.1. The summed E-state index contributed by atoms with van der Waals surface area (Å²) in [4.78, 5) is 27.9. The molecule has 174 valence electrons. The van der Waals surface area contributed by atoms with Crippen LogP contribution in [0.1, 0.15) is 30.5 Å². The Morgan fingerprint density at radius 2 is 1.71 bits per heavy atom. The van der Waals surface area contributed by atoms with Crippen molar-refractivity contribution < 1.29 is 24.2 Å². The Balaban J connectivity index is 1.91. The van der Waals surface area contributed by atoms with E-state index < -0.39 is 17.7 Å². The van der Waals surface area contributed by atoms with Crippen LogP contribution in [-0.2, 0) is 9.59 Å². The summed E-state index contributed by atoms with van der Waals surface area (Å²) in [5, 5.41) is 11.7. The molecule has 1 heterocycles. The first-order valence-electron chi connectivity index (χ1n) is 10.9. The van der Waals surface area contributed by atoms with E-state index in [9.17, 15) is 14.7 Å². The Bertz CT molecular complexity index is 1250. The number of carbonyl (C=O) groups excluding carboxylic acids is 2. The standard InChI is InChI=1S/C27H24ClNO5/c1-3-14-34-22-9-4-6-18(15-22)24-23(25(30)17-10-12-19(28)13-11-17)26(31)27(32)29(24)20-7-5-8-21(16-20)33-2/h4-13,15-16,24,30H,3,14H2,1-2H3/b25-23+. The van der Waals surface area contributed by atoms with E-state index in [2.05, 4.69) is 0 Å². The number of rotatable bonds is 7. The molecular formula is C27H24ClNO5. The monoisotopic (exact) mass is 477 g/mol. The number of carbonyl (C=O) groups is 2. The van der Waals surface area contributed by atoms with Gasteiger partial charge < -0.3 is 14.6 Å². The van der Waals surface area contributed by atoms with Gasteiger partial charge >= 0.3 is 0 Å². The molecule has 3 aromatic rings. The Morgan fingerprint density at radius 3 is 2.41 bits per heavy atom. The lowest BCUT2D eigenvalue weighted by Gasteiger charge is -2.26. The molecule has 3 aromatic carbocycles. The van der Waals surface area contributed by atoms with Crippen molar-refractivity contribution in [3.63, 3.8) is 0 Å². The molecule has 1 N–H and O–H groups in total. The highest BCUT2D eigenvalue weighted by Crippen LogP contribution is 2.43. The first-order valence-corrected chi connectivity index (χ1v) is 11.3. The molecule has 0 saturated carbocycles. The van der Waals surface area contributed by atoms with Gasteiger partial charge in [0.2, 0.25) is 0 Å². The second kappa shape index (κ2) is 10.0. The summed E-state index contributed by atoms with van der Waals surface area (Å²) in [5.74, 6) is -0.642. The molecule has 1 fully saturated rings. The first kappa shape index (κ1) is 23.4. The van der Waals surface area contributed by atoms with Gasteiger partial charge in [-0.15, -0.1) is 0 Å². The number of anilines is 1. The Kier molecular flexibility index (Phi) is 6.89. The van der Waals surface area contributed by atoms with Crippen molar-refractivity contribution in [1.82, 2.24) is 0 Å². The van der Waals surface area contributed by atoms with Crippen LogP contribution >= 0.6 is 11.6 Å². The number of hydrogen-bond donors (Lipinski definition) is 1. The Labute approximate surface area is 203 Å². The zero-order chi connectivity index (χ0) is 24.2. The number of ketones is 1. The Morgan fingerprint density at radius 1 is 1.00 bits per heavy atom. The first-order chi connectivity index (χ1) is 16.4. The van der Waals surface area contributed by atoms with Crippen LogP contribution in [0.3, 0.4) is 0 Å². The number of ether oxygens (including phenoxy) is 2. The maximum atomic E-state index is 13.3. The molecule has 0 aromatic heterocycles. The fourth-order valence-electron chi connectivity index (χ4n) is 3.93.